The number of rotatable bonds is 6. The summed E-state index contributed by atoms with van der Waals surface area (Å²) in [6.45, 7) is 16.7. The van der Waals surface area contributed by atoms with E-state index in [0.29, 0.717) is 12.3 Å². The van der Waals surface area contributed by atoms with Crippen LogP contribution in [0.2, 0.25) is 0 Å². The number of fused-ring (bicyclic) bond motifs is 1. The predicted octanol–water partition coefficient (Wildman–Crippen LogP) is 4.99. The van der Waals surface area contributed by atoms with E-state index in [2.05, 4.69) is 40.9 Å². The van der Waals surface area contributed by atoms with E-state index < -0.39 is 6.10 Å². The van der Waals surface area contributed by atoms with E-state index in [1.807, 2.05) is 6.08 Å². The molecule has 2 aliphatic rings. The first-order valence-electron chi connectivity index (χ1n) is 8.99. The van der Waals surface area contributed by atoms with Crippen LogP contribution in [0.3, 0.4) is 0 Å². The maximum Gasteiger partial charge on any atom is 0.159 e. The largest absolute Gasteiger partial charge is 0.388 e. The van der Waals surface area contributed by atoms with Gasteiger partial charge in [0.05, 0.1) is 6.10 Å². The highest BCUT2D eigenvalue weighted by molar-refractivity contribution is 6.01. The molecular weight excluding hydrogens is 284 g/mol. The lowest BCUT2D eigenvalue weighted by Crippen LogP contribution is -2.40. The number of hydrogen-bond donors (Lipinski definition) is 1. The molecule has 0 unspecified atom stereocenters. The van der Waals surface area contributed by atoms with Crippen LogP contribution in [0.25, 0.3) is 0 Å². The molecule has 23 heavy (non-hydrogen) atoms. The maximum atomic E-state index is 12.5. The SMILES string of the molecule is C=C[C@@](C)(CCC)[C@@H](O)C(=C)[C@]12CCC(=O)C1=C(C)[C@H](C)CC2. The van der Waals surface area contributed by atoms with Crippen molar-refractivity contribution in [3.05, 3.63) is 36.0 Å². The number of Topliss-reactive ketones (excluding diaryl/α,β-unsaturated/α-hetero) is 1. The summed E-state index contributed by atoms with van der Waals surface area (Å²) in [5.74, 6) is 0.713. The molecule has 1 N–H and O–H groups in total. The molecule has 2 rings (SSSR count). The standard InChI is InChI=1S/C21H32O2/c1-7-11-20(6,8-2)19(23)16(5)21-12-9-14(3)15(4)18(21)17(22)10-13-21/h8,14,19,23H,2,5,7,9-13H2,1,3-4,6H3/t14-,19+,20+,21+/m1/s1. The molecule has 1 saturated carbocycles. The van der Waals surface area contributed by atoms with Gasteiger partial charge in [0.25, 0.3) is 0 Å². The van der Waals surface area contributed by atoms with Gasteiger partial charge in [-0.15, -0.1) is 6.58 Å². The van der Waals surface area contributed by atoms with Crippen molar-refractivity contribution in [3.63, 3.8) is 0 Å². The Balaban J connectivity index is 2.45. The van der Waals surface area contributed by atoms with Gasteiger partial charge in [0.1, 0.15) is 0 Å². The Morgan fingerprint density at radius 2 is 2.17 bits per heavy atom. The number of carbonyl (C=O) groups is 1. The van der Waals surface area contributed by atoms with Crippen LogP contribution in [-0.2, 0) is 4.79 Å². The lowest BCUT2D eigenvalue weighted by Gasteiger charge is -2.44. The summed E-state index contributed by atoms with van der Waals surface area (Å²) >= 11 is 0. The minimum absolute atomic E-state index is 0.262. The Hall–Kier alpha value is -1.15. The first-order valence-corrected chi connectivity index (χ1v) is 8.99. The lowest BCUT2D eigenvalue weighted by atomic mass is 9.61. The van der Waals surface area contributed by atoms with Gasteiger partial charge in [-0.25, -0.2) is 0 Å². The second kappa shape index (κ2) is 6.39. The first kappa shape index (κ1) is 18.2. The van der Waals surface area contributed by atoms with Crippen molar-refractivity contribution in [2.75, 3.05) is 0 Å². The molecule has 0 amide bonds. The van der Waals surface area contributed by atoms with Crippen LogP contribution in [0.15, 0.2) is 36.0 Å². The Bertz CT molecular complexity index is 556. The number of allylic oxidation sites excluding steroid dienone is 2. The molecule has 0 aromatic rings. The smallest absolute Gasteiger partial charge is 0.159 e. The fourth-order valence-corrected chi connectivity index (χ4v) is 4.65. The highest BCUT2D eigenvalue weighted by Crippen LogP contribution is 2.57. The fraction of sp³-hybridized carbons (Fsp3) is 0.667. The summed E-state index contributed by atoms with van der Waals surface area (Å²) in [6, 6.07) is 0. The van der Waals surface area contributed by atoms with E-state index in [1.54, 1.807) is 0 Å². The third kappa shape index (κ3) is 2.76. The van der Waals surface area contributed by atoms with Gasteiger partial charge in [0.15, 0.2) is 5.78 Å². The van der Waals surface area contributed by atoms with Gasteiger partial charge < -0.3 is 5.11 Å². The molecule has 0 radical (unpaired) electrons. The first-order chi connectivity index (χ1) is 10.7. The highest BCUT2D eigenvalue weighted by Gasteiger charge is 2.51. The van der Waals surface area contributed by atoms with Crippen LogP contribution in [0.1, 0.15) is 66.2 Å². The van der Waals surface area contributed by atoms with Crippen molar-refractivity contribution in [1.29, 1.82) is 0 Å². The van der Waals surface area contributed by atoms with E-state index >= 15 is 0 Å². The van der Waals surface area contributed by atoms with Crippen molar-refractivity contribution in [3.8, 4) is 0 Å². The molecule has 4 atom stereocenters. The fourth-order valence-electron chi connectivity index (χ4n) is 4.65. The minimum Gasteiger partial charge on any atom is -0.388 e. The summed E-state index contributed by atoms with van der Waals surface area (Å²) in [7, 11) is 0. The summed E-state index contributed by atoms with van der Waals surface area (Å²) in [5, 5.41) is 11.1. The predicted molar refractivity (Wildman–Crippen MR) is 96.1 cm³/mol. The Labute approximate surface area is 141 Å². The molecule has 2 aliphatic carbocycles. The van der Waals surface area contributed by atoms with Crippen LogP contribution in [0, 0.1) is 16.7 Å². The molecule has 0 saturated heterocycles. The second-order valence-electron chi connectivity index (χ2n) is 7.89. The van der Waals surface area contributed by atoms with Gasteiger partial charge in [-0.05, 0) is 44.1 Å². The highest BCUT2D eigenvalue weighted by atomic mass is 16.3. The van der Waals surface area contributed by atoms with Crippen LogP contribution < -0.4 is 0 Å². The van der Waals surface area contributed by atoms with Crippen LogP contribution in [-0.4, -0.2) is 17.0 Å². The van der Waals surface area contributed by atoms with Gasteiger partial charge in [-0.2, -0.15) is 0 Å². The van der Waals surface area contributed by atoms with Crippen molar-refractivity contribution in [2.24, 2.45) is 16.7 Å². The van der Waals surface area contributed by atoms with Crippen molar-refractivity contribution >= 4 is 5.78 Å². The molecule has 0 aromatic heterocycles. The molecule has 128 valence electrons. The monoisotopic (exact) mass is 316 g/mol. The van der Waals surface area contributed by atoms with Crippen LogP contribution >= 0.6 is 0 Å². The topological polar surface area (TPSA) is 37.3 Å². The molecular formula is C21H32O2. The number of carbonyl (C=O) groups excluding carboxylic acids is 1. The summed E-state index contributed by atoms with van der Waals surface area (Å²) in [6.07, 6.45) is 6.45. The average Bonchev–Trinajstić information content (AvgIpc) is 2.88. The molecule has 0 bridgehead atoms. The summed E-state index contributed by atoms with van der Waals surface area (Å²) in [5.41, 5.74) is 2.31. The number of ketones is 1. The number of aliphatic hydroxyl groups excluding tert-OH is 1. The van der Waals surface area contributed by atoms with Gasteiger partial charge >= 0.3 is 0 Å². The van der Waals surface area contributed by atoms with Crippen LogP contribution in [0.5, 0.6) is 0 Å². The van der Waals surface area contributed by atoms with Gasteiger partial charge in [-0.3, -0.25) is 4.79 Å². The minimum atomic E-state index is -0.651. The zero-order valence-electron chi connectivity index (χ0n) is 15.2. The maximum absolute atomic E-state index is 12.5. The molecule has 1 fully saturated rings. The zero-order valence-corrected chi connectivity index (χ0v) is 15.2. The average molecular weight is 316 g/mol. The van der Waals surface area contributed by atoms with Crippen molar-refractivity contribution in [1.82, 2.24) is 0 Å². The third-order valence-corrected chi connectivity index (χ3v) is 6.50. The molecule has 0 aliphatic heterocycles. The summed E-state index contributed by atoms with van der Waals surface area (Å²) in [4.78, 5) is 12.5. The Kier molecular flexibility index (Phi) is 5.06. The Morgan fingerprint density at radius 1 is 1.52 bits per heavy atom. The van der Waals surface area contributed by atoms with E-state index in [4.69, 9.17) is 0 Å². The zero-order chi connectivity index (χ0) is 17.4. The number of hydrogen-bond acceptors (Lipinski definition) is 2. The summed E-state index contributed by atoms with van der Waals surface area (Å²) < 4.78 is 0. The van der Waals surface area contributed by atoms with Crippen molar-refractivity contribution in [2.45, 2.75) is 72.3 Å². The van der Waals surface area contributed by atoms with E-state index in [9.17, 15) is 9.90 Å². The van der Waals surface area contributed by atoms with Gasteiger partial charge in [0.2, 0.25) is 0 Å². The second-order valence-corrected chi connectivity index (χ2v) is 7.89. The van der Waals surface area contributed by atoms with E-state index in [-0.39, 0.29) is 16.6 Å². The van der Waals surface area contributed by atoms with E-state index in [1.165, 1.54) is 5.57 Å². The van der Waals surface area contributed by atoms with Crippen molar-refractivity contribution < 1.29 is 9.90 Å². The quantitative estimate of drug-likeness (QED) is 0.701. The third-order valence-electron chi connectivity index (χ3n) is 6.50. The van der Waals surface area contributed by atoms with Gasteiger partial charge in [0, 0.05) is 22.8 Å². The van der Waals surface area contributed by atoms with Crippen LogP contribution in [0.4, 0.5) is 0 Å². The molecule has 2 heteroatoms. The molecule has 0 heterocycles. The lowest BCUT2D eigenvalue weighted by molar-refractivity contribution is -0.114. The molecule has 0 aromatic carbocycles. The molecule has 0 spiro atoms. The Morgan fingerprint density at radius 3 is 2.74 bits per heavy atom. The van der Waals surface area contributed by atoms with Gasteiger partial charge in [-0.1, -0.05) is 45.4 Å². The van der Waals surface area contributed by atoms with E-state index in [0.717, 1.165) is 43.3 Å². The molecule has 2 nitrogen and oxygen atoms in total. The normalized spacial score (nSPS) is 31.5. The number of aliphatic hydroxyl groups is 1.